The summed E-state index contributed by atoms with van der Waals surface area (Å²) >= 11 is 6.54. The van der Waals surface area contributed by atoms with Gasteiger partial charge in [-0.2, -0.15) is 0 Å². The van der Waals surface area contributed by atoms with Crippen molar-refractivity contribution in [1.82, 2.24) is 10.3 Å². The summed E-state index contributed by atoms with van der Waals surface area (Å²) in [6.07, 6.45) is 4.45. The summed E-state index contributed by atoms with van der Waals surface area (Å²) in [6.45, 7) is 0. The molecule has 0 aliphatic heterocycles. The quantitative estimate of drug-likeness (QED) is 0.548. The lowest BCUT2D eigenvalue weighted by Crippen LogP contribution is -2.32. The number of nitrogens with zero attached hydrogens (tertiary/aromatic N) is 1. The molecule has 120 valence electrons. The number of anilines is 1. The molecule has 2 heterocycles. The van der Waals surface area contributed by atoms with Gasteiger partial charge in [-0.3, -0.25) is 10.1 Å². The van der Waals surface area contributed by atoms with Gasteiger partial charge in [0.1, 0.15) is 5.76 Å². The van der Waals surface area contributed by atoms with Crippen LogP contribution < -0.4 is 10.6 Å². The summed E-state index contributed by atoms with van der Waals surface area (Å²) < 4.78 is 5.11. The van der Waals surface area contributed by atoms with E-state index in [1.807, 2.05) is 35.7 Å². The number of rotatable bonds is 4. The minimum Gasteiger partial charge on any atom is -0.465 e. The molecule has 24 heavy (non-hydrogen) atoms. The van der Waals surface area contributed by atoms with Crippen LogP contribution in [-0.4, -0.2) is 16.0 Å². The predicted octanol–water partition coefficient (Wildman–Crippen LogP) is 3.93. The van der Waals surface area contributed by atoms with Gasteiger partial charge in [0.2, 0.25) is 5.91 Å². The minimum absolute atomic E-state index is 0.193. The molecule has 5 nitrogen and oxygen atoms in total. The second kappa shape index (κ2) is 7.67. The molecule has 0 bridgehead atoms. The van der Waals surface area contributed by atoms with Crippen molar-refractivity contribution in [2.24, 2.45) is 0 Å². The van der Waals surface area contributed by atoms with Gasteiger partial charge in [0.05, 0.1) is 12.0 Å². The lowest BCUT2D eigenvalue weighted by molar-refractivity contribution is -0.115. The van der Waals surface area contributed by atoms with E-state index in [9.17, 15) is 4.79 Å². The molecule has 3 rings (SSSR count). The SMILES string of the molecule is O=C(/C=C/c1ccco1)NC(=S)Nc1nc(-c2ccccc2)cs1. The highest BCUT2D eigenvalue weighted by molar-refractivity contribution is 7.80. The van der Waals surface area contributed by atoms with E-state index in [1.54, 1.807) is 18.2 Å². The topological polar surface area (TPSA) is 67.2 Å². The van der Waals surface area contributed by atoms with Crippen LogP contribution in [0, 0.1) is 0 Å². The first kappa shape index (κ1) is 16.1. The second-order valence-corrected chi connectivity index (χ2v) is 5.96. The zero-order valence-corrected chi connectivity index (χ0v) is 14.1. The largest absolute Gasteiger partial charge is 0.465 e. The number of thiazole rings is 1. The van der Waals surface area contributed by atoms with E-state index in [0.29, 0.717) is 10.9 Å². The number of carbonyl (C=O) groups is 1. The monoisotopic (exact) mass is 355 g/mol. The van der Waals surface area contributed by atoms with E-state index in [1.165, 1.54) is 23.7 Å². The van der Waals surface area contributed by atoms with Crippen LogP contribution in [-0.2, 0) is 4.79 Å². The van der Waals surface area contributed by atoms with Crippen molar-refractivity contribution in [2.45, 2.75) is 0 Å². The van der Waals surface area contributed by atoms with Crippen molar-refractivity contribution < 1.29 is 9.21 Å². The van der Waals surface area contributed by atoms with Gasteiger partial charge >= 0.3 is 0 Å². The third-order valence-corrected chi connectivity index (χ3v) is 3.93. The normalized spacial score (nSPS) is 10.7. The smallest absolute Gasteiger partial charge is 0.250 e. The average molecular weight is 355 g/mol. The Morgan fingerprint density at radius 3 is 2.79 bits per heavy atom. The van der Waals surface area contributed by atoms with Crippen LogP contribution in [0.2, 0.25) is 0 Å². The maximum Gasteiger partial charge on any atom is 0.250 e. The molecule has 0 fully saturated rings. The second-order valence-electron chi connectivity index (χ2n) is 4.70. The fourth-order valence-electron chi connectivity index (χ4n) is 1.90. The molecule has 0 saturated carbocycles. The number of nitrogens with one attached hydrogen (secondary N) is 2. The fraction of sp³-hybridized carbons (Fsp3) is 0. The Morgan fingerprint density at radius 2 is 2.04 bits per heavy atom. The molecule has 0 aliphatic rings. The van der Waals surface area contributed by atoms with Gasteiger partial charge in [-0.05, 0) is 30.4 Å². The molecule has 1 amide bonds. The number of aromatic nitrogens is 1. The van der Waals surface area contributed by atoms with Gasteiger partial charge in [-0.25, -0.2) is 4.98 Å². The average Bonchev–Trinajstić information content (AvgIpc) is 3.25. The Morgan fingerprint density at radius 1 is 1.21 bits per heavy atom. The zero-order chi connectivity index (χ0) is 16.8. The van der Waals surface area contributed by atoms with Crippen LogP contribution in [0.25, 0.3) is 17.3 Å². The first-order chi connectivity index (χ1) is 11.7. The van der Waals surface area contributed by atoms with Gasteiger partial charge in [0, 0.05) is 17.0 Å². The van der Waals surface area contributed by atoms with Crippen LogP contribution in [0.3, 0.4) is 0 Å². The Labute approximate surface area is 148 Å². The van der Waals surface area contributed by atoms with E-state index < -0.39 is 0 Å². The van der Waals surface area contributed by atoms with Crippen LogP contribution >= 0.6 is 23.6 Å². The molecule has 1 aromatic carbocycles. The van der Waals surface area contributed by atoms with Gasteiger partial charge < -0.3 is 9.73 Å². The van der Waals surface area contributed by atoms with E-state index in [2.05, 4.69) is 15.6 Å². The molecule has 0 atom stereocenters. The molecule has 0 unspecified atom stereocenters. The minimum atomic E-state index is -0.344. The number of amides is 1. The Balaban J connectivity index is 1.55. The number of hydrogen-bond donors (Lipinski definition) is 2. The van der Waals surface area contributed by atoms with Crippen molar-refractivity contribution in [1.29, 1.82) is 0 Å². The number of hydrogen-bond acceptors (Lipinski definition) is 5. The number of carbonyl (C=O) groups excluding carboxylic acids is 1. The molecule has 3 aromatic rings. The van der Waals surface area contributed by atoms with Crippen molar-refractivity contribution in [2.75, 3.05) is 5.32 Å². The van der Waals surface area contributed by atoms with Gasteiger partial charge in [-0.1, -0.05) is 30.3 Å². The van der Waals surface area contributed by atoms with Crippen molar-refractivity contribution in [3.63, 3.8) is 0 Å². The maximum absolute atomic E-state index is 11.8. The highest BCUT2D eigenvalue weighted by Gasteiger charge is 2.07. The van der Waals surface area contributed by atoms with Crippen LogP contribution in [0.4, 0.5) is 5.13 Å². The third-order valence-electron chi connectivity index (χ3n) is 2.97. The van der Waals surface area contributed by atoms with E-state index in [4.69, 9.17) is 16.6 Å². The number of thiocarbonyl (C=S) groups is 1. The Hall–Kier alpha value is -2.77. The Bertz CT molecular complexity index is 855. The first-order valence-corrected chi connectivity index (χ1v) is 8.34. The van der Waals surface area contributed by atoms with Crippen molar-refractivity contribution in [3.05, 3.63) is 65.9 Å². The highest BCUT2D eigenvalue weighted by Crippen LogP contribution is 2.24. The predicted molar refractivity (Wildman–Crippen MR) is 99.7 cm³/mol. The van der Waals surface area contributed by atoms with E-state index >= 15 is 0 Å². The van der Waals surface area contributed by atoms with Crippen LogP contribution in [0.15, 0.2) is 64.6 Å². The van der Waals surface area contributed by atoms with Crippen molar-refractivity contribution in [3.8, 4) is 11.3 Å². The highest BCUT2D eigenvalue weighted by atomic mass is 32.1. The maximum atomic E-state index is 11.8. The van der Waals surface area contributed by atoms with Crippen molar-refractivity contribution >= 4 is 45.8 Å². The molecule has 2 aromatic heterocycles. The standard InChI is InChI=1S/C17H13N3O2S2/c21-15(9-8-13-7-4-10-22-13)19-16(23)20-17-18-14(11-24-17)12-5-2-1-3-6-12/h1-11H,(H2,18,19,20,21,23)/b9-8+. The molecule has 0 spiro atoms. The molecular weight excluding hydrogens is 342 g/mol. The summed E-state index contributed by atoms with van der Waals surface area (Å²) in [5, 5.41) is 8.21. The van der Waals surface area contributed by atoms with Gasteiger partial charge in [0.25, 0.3) is 0 Å². The van der Waals surface area contributed by atoms with Crippen LogP contribution in [0.5, 0.6) is 0 Å². The Kier molecular flexibility index (Phi) is 5.15. The lowest BCUT2D eigenvalue weighted by Gasteiger charge is -2.04. The lowest BCUT2D eigenvalue weighted by atomic mass is 10.2. The molecule has 2 N–H and O–H groups in total. The van der Waals surface area contributed by atoms with E-state index in [-0.39, 0.29) is 11.0 Å². The van der Waals surface area contributed by atoms with Gasteiger partial charge in [-0.15, -0.1) is 11.3 Å². The van der Waals surface area contributed by atoms with Crippen LogP contribution in [0.1, 0.15) is 5.76 Å². The third kappa shape index (κ3) is 4.37. The summed E-state index contributed by atoms with van der Waals surface area (Å²) in [5.74, 6) is 0.250. The van der Waals surface area contributed by atoms with Gasteiger partial charge in [0.15, 0.2) is 10.2 Å². The molecule has 0 radical (unpaired) electrons. The summed E-state index contributed by atoms with van der Waals surface area (Å²) in [7, 11) is 0. The summed E-state index contributed by atoms with van der Waals surface area (Å²) in [6, 6.07) is 13.3. The number of furan rings is 1. The summed E-state index contributed by atoms with van der Waals surface area (Å²) in [4.78, 5) is 16.2. The number of benzene rings is 1. The molecule has 7 heteroatoms. The zero-order valence-electron chi connectivity index (χ0n) is 12.4. The molecular formula is C17H13N3O2S2. The molecule has 0 saturated heterocycles. The fourth-order valence-corrected chi connectivity index (χ4v) is 2.88. The van der Waals surface area contributed by atoms with E-state index in [0.717, 1.165) is 11.3 Å². The first-order valence-electron chi connectivity index (χ1n) is 7.05. The molecule has 0 aliphatic carbocycles. The summed E-state index contributed by atoms with van der Waals surface area (Å²) in [5.41, 5.74) is 1.88.